The molecule has 0 radical (unpaired) electrons. The van der Waals surface area contributed by atoms with Gasteiger partial charge in [0.1, 0.15) is 18.3 Å². The summed E-state index contributed by atoms with van der Waals surface area (Å²) < 4.78 is 0. The summed E-state index contributed by atoms with van der Waals surface area (Å²) in [6, 6.07) is 0. The molecule has 0 amide bonds. The number of aliphatic hydroxyl groups excluding tert-OH is 5. The summed E-state index contributed by atoms with van der Waals surface area (Å²) in [6.45, 7) is -1.72. The Labute approximate surface area is 118 Å². The predicted octanol–water partition coefficient (Wildman–Crippen LogP) is -7.21. The quantitative estimate of drug-likeness (QED) is 0.293. The normalized spacial score (nSPS) is 19.8. The van der Waals surface area contributed by atoms with Gasteiger partial charge >= 0.3 is 51.4 Å². The minimum atomic E-state index is -1.73. The van der Waals surface area contributed by atoms with Crippen molar-refractivity contribution in [1.82, 2.24) is 0 Å². The molecular formula is C6H13KO6. The van der Waals surface area contributed by atoms with Crippen LogP contribution in [0.3, 0.4) is 0 Å². The van der Waals surface area contributed by atoms with E-state index in [0.29, 0.717) is 0 Å². The molecule has 0 aliphatic carbocycles. The van der Waals surface area contributed by atoms with Gasteiger partial charge in [-0.1, -0.05) is 0 Å². The van der Waals surface area contributed by atoms with Crippen LogP contribution in [0.2, 0.25) is 0 Å². The van der Waals surface area contributed by atoms with E-state index in [1.165, 1.54) is 0 Å². The molecule has 0 rings (SSSR count). The summed E-state index contributed by atoms with van der Waals surface area (Å²) in [5, 5.41) is 53.7. The molecule has 0 aliphatic heterocycles. The van der Waals surface area contributed by atoms with Gasteiger partial charge in [0.2, 0.25) is 0 Å². The standard InChI is InChI=1S/C6H13O6.K/c7-1-3(9)5(11)6(12)4(10)2-8;/h3-7,9-12H,1-2H2;/q-1;+1/t3-,4+,5+,6+;/m0./s1. The summed E-state index contributed by atoms with van der Waals surface area (Å²) >= 11 is 0. The van der Waals surface area contributed by atoms with E-state index in [0.717, 1.165) is 0 Å². The fourth-order valence-electron chi connectivity index (χ4n) is 0.662. The summed E-state index contributed by atoms with van der Waals surface area (Å²) in [7, 11) is 0. The number of aliphatic hydroxyl groups is 5. The second-order valence-corrected chi connectivity index (χ2v) is 2.47. The molecule has 0 aromatic rings. The van der Waals surface area contributed by atoms with Crippen LogP contribution < -0.4 is 56.5 Å². The third kappa shape index (κ3) is 5.75. The molecule has 0 aliphatic rings. The van der Waals surface area contributed by atoms with E-state index in [2.05, 4.69) is 0 Å². The Hall–Kier alpha value is 1.40. The van der Waals surface area contributed by atoms with Crippen LogP contribution in [0.4, 0.5) is 0 Å². The molecule has 74 valence electrons. The first-order valence-corrected chi connectivity index (χ1v) is 3.45. The van der Waals surface area contributed by atoms with Crippen molar-refractivity contribution in [2.75, 3.05) is 13.2 Å². The Balaban J connectivity index is 0. The second kappa shape index (κ2) is 8.68. The van der Waals surface area contributed by atoms with Crippen molar-refractivity contribution in [1.29, 1.82) is 0 Å². The van der Waals surface area contributed by atoms with Crippen LogP contribution in [0, 0.1) is 0 Å². The number of rotatable bonds is 5. The zero-order chi connectivity index (χ0) is 9.72. The molecule has 6 nitrogen and oxygen atoms in total. The first kappa shape index (κ1) is 16.8. The Kier molecular flexibility index (Phi) is 11.2. The van der Waals surface area contributed by atoms with Crippen LogP contribution in [0.25, 0.3) is 0 Å². The maximum atomic E-state index is 10.0. The van der Waals surface area contributed by atoms with E-state index >= 15 is 0 Å². The summed E-state index contributed by atoms with van der Waals surface area (Å²) in [5.41, 5.74) is 0. The zero-order valence-corrected chi connectivity index (χ0v) is 10.5. The Morgan fingerprint density at radius 2 is 1.31 bits per heavy atom. The average molecular weight is 220 g/mol. The Bertz CT molecular complexity index is 110. The molecule has 0 aromatic carbocycles. The molecule has 0 saturated carbocycles. The molecule has 0 bridgehead atoms. The molecule has 0 fully saturated rings. The van der Waals surface area contributed by atoms with Crippen molar-refractivity contribution in [3.63, 3.8) is 0 Å². The molecule has 5 N–H and O–H groups in total. The van der Waals surface area contributed by atoms with Gasteiger partial charge in [-0.05, 0) is 0 Å². The molecule has 0 heterocycles. The van der Waals surface area contributed by atoms with Gasteiger partial charge in [0.25, 0.3) is 0 Å². The second-order valence-electron chi connectivity index (χ2n) is 2.47. The maximum absolute atomic E-state index is 10.0. The third-order valence-corrected chi connectivity index (χ3v) is 1.50. The average Bonchev–Trinajstić information content (AvgIpc) is 2.12. The molecule has 4 atom stereocenters. The minimum Gasteiger partial charge on any atom is -0.853 e. The molecule has 13 heavy (non-hydrogen) atoms. The molecular weight excluding hydrogens is 207 g/mol. The molecule has 0 unspecified atom stereocenters. The molecule has 0 saturated heterocycles. The van der Waals surface area contributed by atoms with Crippen LogP contribution >= 0.6 is 0 Å². The monoisotopic (exact) mass is 220 g/mol. The van der Waals surface area contributed by atoms with Crippen molar-refractivity contribution in [2.45, 2.75) is 24.4 Å². The largest absolute Gasteiger partial charge is 1.00 e. The topological polar surface area (TPSA) is 124 Å². The zero-order valence-electron chi connectivity index (χ0n) is 7.37. The van der Waals surface area contributed by atoms with E-state index < -0.39 is 37.6 Å². The fraction of sp³-hybridized carbons (Fsp3) is 1.00. The van der Waals surface area contributed by atoms with Crippen molar-refractivity contribution < 1.29 is 82.0 Å². The van der Waals surface area contributed by atoms with Gasteiger partial charge in [-0.3, -0.25) is 0 Å². The fourth-order valence-corrected chi connectivity index (χ4v) is 0.662. The van der Waals surface area contributed by atoms with Gasteiger partial charge in [0.05, 0.1) is 12.7 Å². The van der Waals surface area contributed by atoms with Gasteiger partial charge in [0.15, 0.2) is 0 Å². The van der Waals surface area contributed by atoms with Crippen molar-refractivity contribution >= 4 is 0 Å². The van der Waals surface area contributed by atoms with Gasteiger partial charge in [-0.2, -0.15) is 0 Å². The Morgan fingerprint density at radius 1 is 0.923 bits per heavy atom. The van der Waals surface area contributed by atoms with Crippen molar-refractivity contribution in [3.05, 3.63) is 0 Å². The van der Waals surface area contributed by atoms with Crippen LogP contribution in [-0.2, 0) is 0 Å². The van der Waals surface area contributed by atoms with Gasteiger partial charge in [-0.25, -0.2) is 0 Å². The molecule has 0 spiro atoms. The van der Waals surface area contributed by atoms with Crippen LogP contribution in [0.1, 0.15) is 0 Å². The number of hydrogen-bond donors (Lipinski definition) is 5. The maximum Gasteiger partial charge on any atom is 1.00 e. The predicted molar refractivity (Wildman–Crippen MR) is 36.0 cm³/mol. The van der Waals surface area contributed by atoms with Crippen LogP contribution in [0.15, 0.2) is 0 Å². The summed E-state index contributed by atoms with van der Waals surface area (Å²) in [6.07, 6.45) is -6.63. The first-order chi connectivity index (χ1) is 5.54. The minimum absolute atomic E-state index is 0. The van der Waals surface area contributed by atoms with E-state index in [1.807, 2.05) is 0 Å². The van der Waals surface area contributed by atoms with E-state index in [-0.39, 0.29) is 51.4 Å². The van der Waals surface area contributed by atoms with Gasteiger partial charge in [0, 0.05) is 0 Å². The smallest absolute Gasteiger partial charge is 0.853 e. The molecule has 0 aromatic heterocycles. The van der Waals surface area contributed by atoms with E-state index in [9.17, 15) is 5.11 Å². The summed E-state index contributed by atoms with van der Waals surface area (Å²) in [4.78, 5) is 0. The summed E-state index contributed by atoms with van der Waals surface area (Å²) in [5.74, 6) is 0. The van der Waals surface area contributed by atoms with E-state index in [4.69, 9.17) is 25.5 Å². The Morgan fingerprint density at radius 3 is 1.62 bits per heavy atom. The van der Waals surface area contributed by atoms with E-state index in [1.54, 1.807) is 0 Å². The number of hydrogen-bond acceptors (Lipinski definition) is 6. The van der Waals surface area contributed by atoms with Crippen molar-refractivity contribution in [3.8, 4) is 0 Å². The van der Waals surface area contributed by atoms with Crippen LogP contribution in [-0.4, -0.2) is 63.2 Å². The van der Waals surface area contributed by atoms with Crippen LogP contribution in [0.5, 0.6) is 0 Å². The first-order valence-electron chi connectivity index (χ1n) is 3.45. The molecule has 7 heteroatoms. The SMILES string of the molecule is [K+].[O-]C[C@@H](O)[C@@H](O)[C@H](O)[C@@H](O)CO. The van der Waals surface area contributed by atoms with Gasteiger partial charge in [-0.15, -0.1) is 6.61 Å². The van der Waals surface area contributed by atoms with Crippen molar-refractivity contribution in [2.24, 2.45) is 0 Å². The van der Waals surface area contributed by atoms with Gasteiger partial charge < -0.3 is 30.6 Å². The third-order valence-electron chi connectivity index (χ3n) is 1.50.